The van der Waals surface area contributed by atoms with Crippen LogP contribution in [0.4, 0.5) is 11.4 Å². The topological polar surface area (TPSA) is 98.2 Å². The molecule has 0 aromatic heterocycles. The predicted octanol–water partition coefficient (Wildman–Crippen LogP) is 0.0430. The molecule has 5 N–H and O–H groups in total. The van der Waals surface area contributed by atoms with Gasteiger partial charge in [-0.25, -0.2) is 0 Å². The van der Waals surface area contributed by atoms with Crippen LogP contribution in [0, 0.1) is 6.92 Å². The van der Waals surface area contributed by atoms with Gasteiger partial charge < -0.3 is 11.5 Å². The summed E-state index contributed by atoms with van der Waals surface area (Å²) in [6, 6.07) is 1.59. The van der Waals surface area contributed by atoms with Crippen LogP contribution in [0.1, 0.15) is 26.3 Å². The van der Waals surface area contributed by atoms with Crippen molar-refractivity contribution in [3.8, 4) is 0 Å². The highest BCUT2D eigenvalue weighted by molar-refractivity contribution is 6.26. The smallest absolute Gasteiger partial charge is 0.261 e. The predicted molar refractivity (Wildman–Crippen MR) is 51.8 cm³/mol. The molecule has 0 atom stereocenters. The van der Waals surface area contributed by atoms with E-state index in [0.717, 1.165) is 0 Å². The Balaban J connectivity index is 2.86. The van der Waals surface area contributed by atoms with Gasteiger partial charge >= 0.3 is 0 Å². The summed E-state index contributed by atoms with van der Waals surface area (Å²) in [6.07, 6.45) is 0. The van der Waals surface area contributed by atoms with Gasteiger partial charge in [-0.3, -0.25) is 14.9 Å². The zero-order valence-corrected chi connectivity index (χ0v) is 7.55. The standard InChI is InChI=1S/C9H9N3O2/c1-3-2-4(10)5-6(7(3)11)9(14)12-8(5)13/h2H,10-11H2,1H3,(H,12,13,14). The zero-order valence-electron chi connectivity index (χ0n) is 7.55. The highest BCUT2D eigenvalue weighted by Crippen LogP contribution is 2.30. The third-order valence-electron chi connectivity index (χ3n) is 2.29. The van der Waals surface area contributed by atoms with Crippen LogP contribution in [0.2, 0.25) is 0 Å². The second-order valence-corrected chi connectivity index (χ2v) is 3.23. The number of rotatable bonds is 0. The number of nitrogens with two attached hydrogens (primary N) is 2. The summed E-state index contributed by atoms with van der Waals surface area (Å²) in [4.78, 5) is 22.6. The van der Waals surface area contributed by atoms with Gasteiger partial charge in [-0.1, -0.05) is 0 Å². The van der Waals surface area contributed by atoms with E-state index in [-0.39, 0.29) is 16.8 Å². The van der Waals surface area contributed by atoms with Crippen molar-refractivity contribution in [2.45, 2.75) is 6.92 Å². The minimum atomic E-state index is -0.478. The summed E-state index contributed by atoms with van der Waals surface area (Å²) >= 11 is 0. The summed E-state index contributed by atoms with van der Waals surface area (Å²) in [7, 11) is 0. The molecule has 2 amide bonds. The number of imide groups is 1. The van der Waals surface area contributed by atoms with Crippen molar-refractivity contribution in [1.29, 1.82) is 0 Å². The Morgan fingerprint density at radius 3 is 2.36 bits per heavy atom. The molecule has 72 valence electrons. The maximum atomic E-state index is 11.3. The van der Waals surface area contributed by atoms with Crippen molar-refractivity contribution in [2.75, 3.05) is 11.5 Å². The van der Waals surface area contributed by atoms with Crippen molar-refractivity contribution in [2.24, 2.45) is 0 Å². The second kappa shape index (κ2) is 2.47. The van der Waals surface area contributed by atoms with Crippen molar-refractivity contribution in [1.82, 2.24) is 5.32 Å². The number of aryl methyl sites for hydroxylation is 1. The number of hydrogen-bond donors (Lipinski definition) is 3. The van der Waals surface area contributed by atoms with Gasteiger partial charge in [-0.05, 0) is 18.6 Å². The molecule has 0 radical (unpaired) electrons. The van der Waals surface area contributed by atoms with Crippen LogP contribution in [0.3, 0.4) is 0 Å². The molecule has 1 aromatic carbocycles. The van der Waals surface area contributed by atoms with Gasteiger partial charge in [0, 0.05) is 11.4 Å². The molecule has 1 heterocycles. The molecular weight excluding hydrogens is 182 g/mol. The van der Waals surface area contributed by atoms with E-state index >= 15 is 0 Å². The largest absolute Gasteiger partial charge is 0.398 e. The van der Waals surface area contributed by atoms with Crippen LogP contribution >= 0.6 is 0 Å². The number of carbonyl (C=O) groups excluding carboxylic acids is 2. The van der Waals surface area contributed by atoms with Crippen molar-refractivity contribution in [3.63, 3.8) is 0 Å². The third-order valence-corrected chi connectivity index (χ3v) is 2.29. The van der Waals surface area contributed by atoms with Gasteiger partial charge in [0.25, 0.3) is 11.8 Å². The molecule has 0 bridgehead atoms. The quantitative estimate of drug-likeness (QED) is 0.398. The molecule has 5 heteroatoms. The molecule has 5 nitrogen and oxygen atoms in total. The van der Waals surface area contributed by atoms with Gasteiger partial charge in [0.2, 0.25) is 0 Å². The van der Waals surface area contributed by atoms with Gasteiger partial charge in [-0.15, -0.1) is 0 Å². The van der Waals surface area contributed by atoms with Crippen LogP contribution in [0.15, 0.2) is 6.07 Å². The van der Waals surface area contributed by atoms with E-state index in [1.165, 1.54) is 0 Å². The van der Waals surface area contributed by atoms with Crippen LogP contribution in [0.5, 0.6) is 0 Å². The lowest BCUT2D eigenvalue weighted by atomic mass is 10.0. The van der Waals surface area contributed by atoms with Crippen LogP contribution < -0.4 is 16.8 Å². The molecule has 1 aliphatic heterocycles. The Hall–Kier alpha value is -2.04. The Labute approximate surface area is 80.1 Å². The van der Waals surface area contributed by atoms with Gasteiger partial charge in [0.1, 0.15) is 0 Å². The number of amides is 2. The monoisotopic (exact) mass is 191 g/mol. The lowest BCUT2D eigenvalue weighted by Gasteiger charge is -2.06. The van der Waals surface area contributed by atoms with E-state index in [4.69, 9.17) is 11.5 Å². The maximum Gasteiger partial charge on any atom is 0.261 e. The maximum absolute atomic E-state index is 11.3. The molecule has 0 saturated carbocycles. The molecule has 0 aliphatic carbocycles. The van der Waals surface area contributed by atoms with Gasteiger partial charge in [0.15, 0.2) is 0 Å². The highest BCUT2D eigenvalue weighted by atomic mass is 16.2. The summed E-state index contributed by atoms with van der Waals surface area (Å²) < 4.78 is 0. The average molecular weight is 191 g/mol. The van der Waals surface area contributed by atoms with Crippen molar-refractivity contribution < 1.29 is 9.59 Å². The molecular formula is C9H9N3O2. The van der Waals surface area contributed by atoms with Gasteiger partial charge in [0.05, 0.1) is 11.1 Å². The number of fused-ring (bicyclic) bond motifs is 1. The molecule has 0 spiro atoms. The molecule has 0 fully saturated rings. The SMILES string of the molecule is Cc1cc(N)c2c(c1N)C(=O)NC2=O. The van der Waals surface area contributed by atoms with E-state index in [0.29, 0.717) is 11.3 Å². The Bertz CT molecular complexity index is 466. The molecule has 0 unspecified atom stereocenters. The number of anilines is 2. The molecule has 14 heavy (non-hydrogen) atoms. The van der Waals surface area contributed by atoms with Crippen molar-refractivity contribution in [3.05, 3.63) is 22.8 Å². The second-order valence-electron chi connectivity index (χ2n) is 3.23. The minimum Gasteiger partial charge on any atom is -0.398 e. The normalized spacial score (nSPS) is 14.1. The summed E-state index contributed by atoms with van der Waals surface area (Å²) in [5, 5.41) is 2.15. The Morgan fingerprint density at radius 1 is 1.14 bits per heavy atom. The van der Waals surface area contributed by atoms with Gasteiger partial charge in [-0.2, -0.15) is 0 Å². The first kappa shape index (κ1) is 8.55. The Morgan fingerprint density at radius 2 is 1.71 bits per heavy atom. The van der Waals surface area contributed by atoms with E-state index in [1.54, 1.807) is 13.0 Å². The molecule has 1 aromatic rings. The average Bonchev–Trinajstić information content (AvgIpc) is 2.38. The van der Waals surface area contributed by atoms with E-state index < -0.39 is 11.8 Å². The third kappa shape index (κ3) is 0.891. The summed E-state index contributed by atoms with van der Waals surface area (Å²) in [6.45, 7) is 1.74. The minimum absolute atomic E-state index is 0.193. The highest BCUT2D eigenvalue weighted by Gasteiger charge is 2.31. The van der Waals surface area contributed by atoms with Crippen LogP contribution in [-0.2, 0) is 0 Å². The zero-order chi connectivity index (χ0) is 10.5. The van der Waals surface area contributed by atoms with E-state index in [9.17, 15) is 9.59 Å². The van der Waals surface area contributed by atoms with E-state index in [2.05, 4.69) is 5.32 Å². The first-order chi connectivity index (χ1) is 6.52. The fourth-order valence-electron chi connectivity index (χ4n) is 1.57. The number of carbonyl (C=O) groups is 2. The molecule has 2 rings (SSSR count). The summed E-state index contributed by atoms with van der Waals surface area (Å²) in [5.74, 6) is -0.952. The fraction of sp³-hybridized carbons (Fsp3) is 0.111. The number of benzene rings is 1. The first-order valence-corrected chi connectivity index (χ1v) is 4.06. The van der Waals surface area contributed by atoms with Crippen LogP contribution in [0.25, 0.3) is 0 Å². The van der Waals surface area contributed by atoms with Crippen LogP contribution in [-0.4, -0.2) is 11.8 Å². The first-order valence-electron chi connectivity index (χ1n) is 4.06. The number of hydrogen-bond acceptors (Lipinski definition) is 4. The number of nitrogens with one attached hydrogen (secondary N) is 1. The fourth-order valence-corrected chi connectivity index (χ4v) is 1.57. The lowest BCUT2D eigenvalue weighted by molar-refractivity contribution is 0.0880. The van der Waals surface area contributed by atoms with E-state index in [1.807, 2.05) is 0 Å². The van der Waals surface area contributed by atoms with Crippen molar-refractivity contribution >= 4 is 23.2 Å². The number of nitrogen functional groups attached to an aromatic ring is 2. The lowest BCUT2D eigenvalue weighted by Crippen LogP contribution is -2.20. The molecule has 1 aliphatic rings. The summed E-state index contributed by atoms with van der Waals surface area (Å²) in [5.41, 5.74) is 13.0. The molecule has 0 saturated heterocycles. The Kier molecular flexibility index (Phi) is 1.51.